The molecule has 0 aliphatic heterocycles. The molecular weight excluding hydrogens is 273 g/mol. The summed E-state index contributed by atoms with van der Waals surface area (Å²) in [6, 6.07) is 10.0. The second-order valence-corrected chi connectivity index (χ2v) is 4.35. The fraction of sp³-hybridized carbons (Fsp3) is 0.0667. The fourth-order valence-corrected chi connectivity index (χ4v) is 1.82. The topological polar surface area (TPSA) is 84.2 Å². The van der Waals surface area contributed by atoms with Crippen LogP contribution in [0.5, 0.6) is 0 Å². The number of rotatable bonds is 3. The van der Waals surface area contributed by atoms with E-state index in [0.717, 1.165) is 12.1 Å². The molecule has 0 bridgehead atoms. The van der Waals surface area contributed by atoms with Crippen molar-refractivity contribution in [3.05, 3.63) is 59.4 Å². The Labute approximate surface area is 121 Å². The Kier molecular flexibility index (Phi) is 4.18. The van der Waals surface area contributed by atoms with Gasteiger partial charge < -0.3 is 16.4 Å². The largest absolute Gasteiger partial charge is 0.398 e. The van der Waals surface area contributed by atoms with Gasteiger partial charge in [0.1, 0.15) is 5.82 Å². The van der Waals surface area contributed by atoms with Gasteiger partial charge in [-0.25, -0.2) is 4.39 Å². The molecule has 0 atom stereocenters. The molecule has 5 nitrogen and oxygen atoms in total. The molecule has 0 aliphatic carbocycles. The number of amides is 2. The molecule has 2 aromatic rings. The molecule has 2 amide bonds. The highest BCUT2D eigenvalue weighted by atomic mass is 19.1. The lowest BCUT2D eigenvalue weighted by Crippen LogP contribution is -2.18. The Morgan fingerprint density at radius 2 is 1.86 bits per heavy atom. The van der Waals surface area contributed by atoms with Crippen LogP contribution in [0, 0.1) is 5.82 Å². The molecule has 0 aromatic heterocycles. The number of carbonyl (C=O) groups is 2. The van der Waals surface area contributed by atoms with Crippen molar-refractivity contribution in [1.29, 1.82) is 0 Å². The van der Waals surface area contributed by atoms with Crippen LogP contribution in [-0.4, -0.2) is 18.9 Å². The average Bonchev–Trinajstić information content (AvgIpc) is 2.46. The molecule has 0 radical (unpaired) electrons. The van der Waals surface area contributed by atoms with Crippen molar-refractivity contribution in [3.63, 3.8) is 0 Å². The van der Waals surface area contributed by atoms with E-state index in [1.807, 2.05) is 0 Å². The molecule has 2 rings (SSSR count). The van der Waals surface area contributed by atoms with Gasteiger partial charge in [0.05, 0.1) is 5.56 Å². The molecule has 0 spiro atoms. The van der Waals surface area contributed by atoms with Crippen LogP contribution in [0.4, 0.5) is 15.8 Å². The fourth-order valence-electron chi connectivity index (χ4n) is 1.82. The SMILES string of the molecule is CNC(=O)c1cccc(NC(=O)c2ccc(F)cc2N)c1. The van der Waals surface area contributed by atoms with Gasteiger partial charge in [0.25, 0.3) is 11.8 Å². The predicted octanol–water partition coefficient (Wildman–Crippen LogP) is 2.02. The molecule has 21 heavy (non-hydrogen) atoms. The van der Waals surface area contributed by atoms with Crippen LogP contribution in [0.1, 0.15) is 20.7 Å². The molecule has 6 heteroatoms. The Balaban J connectivity index is 2.21. The summed E-state index contributed by atoms with van der Waals surface area (Å²) >= 11 is 0. The van der Waals surface area contributed by atoms with Gasteiger partial charge in [-0.15, -0.1) is 0 Å². The van der Waals surface area contributed by atoms with Gasteiger partial charge in [0, 0.05) is 24.0 Å². The van der Waals surface area contributed by atoms with Crippen molar-refractivity contribution >= 4 is 23.2 Å². The molecule has 0 unspecified atom stereocenters. The van der Waals surface area contributed by atoms with Crippen molar-refractivity contribution in [1.82, 2.24) is 5.32 Å². The van der Waals surface area contributed by atoms with Gasteiger partial charge in [0.2, 0.25) is 0 Å². The molecular formula is C15H14FN3O2. The van der Waals surface area contributed by atoms with E-state index in [1.165, 1.54) is 19.2 Å². The number of nitrogens with two attached hydrogens (primary N) is 1. The zero-order chi connectivity index (χ0) is 15.4. The predicted molar refractivity (Wildman–Crippen MR) is 78.6 cm³/mol. The number of hydrogen-bond acceptors (Lipinski definition) is 3. The third kappa shape index (κ3) is 3.36. The minimum Gasteiger partial charge on any atom is -0.398 e. The summed E-state index contributed by atoms with van der Waals surface area (Å²) < 4.78 is 13.0. The van der Waals surface area contributed by atoms with Gasteiger partial charge in [-0.2, -0.15) is 0 Å². The molecule has 0 saturated carbocycles. The summed E-state index contributed by atoms with van der Waals surface area (Å²) in [5, 5.41) is 5.11. The summed E-state index contributed by atoms with van der Waals surface area (Å²) in [7, 11) is 1.52. The Bertz CT molecular complexity index is 701. The highest BCUT2D eigenvalue weighted by Gasteiger charge is 2.11. The van der Waals surface area contributed by atoms with Crippen molar-refractivity contribution in [2.45, 2.75) is 0 Å². The van der Waals surface area contributed by atoms with E-state index in [0.29, 0.717) is 11.3 Å². The standard InChI is InChI=1S/C15H14FN3O2/c1-18-14(20)9-3-2-4-11(7-9)19-15(21)12-6-5-10(16)8-13(12)17/h2-8H,17H2,1H3,(H,18,20)(H,19,21). The summed E-state index contributed by atoms with van der Waals surface area (Å²) in [5.74, 6) is -1.24. The maximum Gasteiger partial charge on any atom is 0.257 e. The third-order valence-corrected chi connectivity index (χ3v) is 2.87. The molecule has 108 valence electrons. The smallest absolute Gasteiger partial charge is 0.257 e. The first kappa shape index (κ1) is 14.5. The zero-order valence-corrected chi connectivity index (χ0v) is 11.3. The van der Waals surface area contributed by atoms with E-state index in [1.54, 1.807) is 18.2 Å². The van der Waals surface area contributed by atoms with E-state index >= 15 is 0 Å². The van der Waals surface area contributed by atoms with Crippen molar-refractivity contribution < 1.29 is 14.0 Å². The molecule has 0 aliphatic rings. The monoisotopic (exact) mass is 287 g/mol. The molecule has 2 aromatic carbocycles. The first-order valence-electron chi connectivity index (χ1n) is 6.20. The summed E-state index contributed by atoms with van der Waals surface area (Å²) in [6.07, 6.45) is 0. The van der Waals surface area contributed by atoms with Crippen LogP contribution in [0.15, 0.2) is 42.5 Å². The molecule has 0 heterocycles. The number of benzene rings is 2. The van der Waals surface area contributed by atoms with Crippen LogP contribution in [-0.2, 0) is 0 Å². The highest BCUT2D eigenvalue weighted by molar-refractivity contribution is 6.08. The van der Waals surface area contributed by atoms with Crippen molar-refractivity contribution in [2.24, 2.45) is 0 Å². The maximum absolute atomic E-state index is 13.0. The maximum atomic E-state index is 13.0. The van der Waals surface area contributed by atoms with Crippen LogP contribution in [0.3, 0.4) is 0 Å². The quantitative estimate of drug-likeness (QED) is 0.755. The van der Waals surface area contributed by atoms with Crippen LogP contribution in [0.25, 0.3) is 0 Å². The summed E-state index contributed by atoms with van der Waals surface area (Å²) in [5.41, 5.74) is 6.70. The number of nitrogen functional groups attached to an aromatic ring is 1. The van der Waals surface area contributed by atoms with Gasteiger partial charge in [-0.05, 0) is 36.4 Å². The first-order valence-corrected chi connectivity index (χ1v) is 6.20. The Morgan fingerprint density at radius 1 is 1.10 bits per heavy atom. The number of anilines is 2. The van der Waals surface area contributed by atoms with E-state index in [9.17, 15) is 14.0 Å². The molecule has 0 saturated heterocycles. The first-order chi connectivity index (χ1) is 10.0. The lowest BCUT2D eigenvalue weighted by molar-refractivity contribution is 0.0961. The second-order valence-electron chi connectivity index (χ2n) is 4.35. The Morgan fingerprint density at radius 3 is 2.52 bits per heavy atom. The average molecular weight is 287 g/mol. The van der Waals surface area contributed by atoms with Gasteiger partial charge in [0.15, 0.2) is 0 Å². The normalized spacial score (nSPS) is 10.0. The van der Waals surface area contributed by atoms with E-state index < -0.39 is 11.7 Å². The van der Waals surface area contributed by atoms with Crippen LogP contribution in [0.2, 0.25) is 0 Å². The third-order valence-electron chi connectivity index (χ3n) is 2.87. The van der Waals surface area contributed by atoms with E-state index in [2.05, 4.69) is 10.6 Å². The van der Waals surface area contributed by atoms with E-state index in [-0.39, 0.29) is 17.2 Å². The Hall–Kier alpha value is -2.89. The summed E-state index contributed by atoms with van der Waals surface area (Å²) in [4.78, 5) is 23.6. The second kappa shape index (κ2) is 6.04. The van der Waals surface area contributed by atoms with Gasteiger partial charge >= 0.3 is 0 Å². The number of carbonyl (C=O) groups excluding carboxylic acids is 2. The lowest BCUT2D eigenvalue weighted by Gasteiger charge is -2.09. The van der Waals surface area contributed by atoms with E-state index in [4.69, 9.17) is 5.73 Å². The number of nitrogens with one attached hydrogen (secondary N) is 2. The van der Waals surface area contributed by atoms with Crippen LogP contribution >= 0.6 is 0 Å². The van der Waals surface area contributed by atoms with Crippen molar-refractivity contribution in [2.75, 3.05) is 18.1 Å². The zero-order valence-electron chi connectivity index (χ0n) is 11.3. The number of hydrogen-bond donors (Lipinski definition) is 3. The highest BCUT2D eigenvalue weighted by Crippen LogP contribution is 2.17. The van der Waals surface area contributed by atoms with Crippen LogP contribution < -0.4 is 16.4 Å². The molecule has 0 fully saturated rings. The lowest BCUT2D eigenvalue weighted by atomic mass is 10.1. The van der Waals surface area contributed by atoms with Gasteiger partial charge in [-0.1, -0.05) is 6.07 Å². The minimum absolute atomic E-state index is 0.0509. The number of halogens is 1. The summed E-state index contributed by atoms with van der Waals surface area (Å²) in [6.45, 7) is 0. The van der Waals surface area contributed by atoms with Gasteiger partial charge in [-0.3, -0.25) is 9.59 Å². The van der Waals surface area contributed by atoms with Crippen molar-refractivity contribution in [3.8, 4) is 0 Å². The minimum atomic E-state index is -0.509. The molecule has 4 N–H and O–H groups in total.